The molecule has 2 aromatic rings. The van der Waals surface area contributed by atoms with Crippen LogP contribution in [-0.4, -0.2) is 19.2 Å². The van der Waals surface area contributed by atoms with Crippen molar-refractivity contribution in [2.24, 2.45) is 5.73 Å². The maximum absolute atomic E-state index is 11.5. The quantitative estimate of drug-likeness (QED) is 0.886. The van der Waals surface area contributed by atoms with Crippen LogP contribution < -0.4 is 10.5 Å². The monoisotopic (exact) mass is 317 g/mol. The Morgan fingerprint density at radius 3 is 2.68 bits per heavy atom. The third-order valence-electron chi connectivity index (χ3n) is 2.52. The van der Waals surface area contributed by atoms with Crippen molar-refractivity contribution >= 4 is 37.8 Å². The zero-order chi connectivity index (χ0) is 14.0. The van der Waals surface area contributed by atoms with Gasteiger partial charge < -0.3 is 5.73 Å². The Hall–Kier alpha value is -0.960. The van der Waals surface area contributed by atoms with E-state index in [9.17, 15) is 8.42 Å². The fraction of sp³-hybridized carbons (Fsp3) is 0.364. The molecule has 0 aliphatic rings. The molecule has 0 bridgehead atoms. The van der Waals surface area contributed by atoms with Gasteiger partial charge in [0.1, 0.15) is 0 Å². The van der Waals surface area contributed by atoms with Crippen LogP contribution in [0, 0.1) is 6.92 Å². The van der Waals surface area contributed by atoms with Gasteiger partial charge in [0.05, 0.1) is 16.3 Å². The van der Waals surface area contributed by atoms with Crippen molar-refractivity contribution in [1.82, 2.24) is 4.98 Å². The van der Waals surface area contributed by atoms with Crippen molar-refractivity contribution in [3.63, 3.8) is 0 Å². The zero-order valence-corrected chi connectivity index (χ0v) is 13.1. The highest BCUT2D eigenvalue weighted by Crippen LogP contribution is 2.34. The fourth-order valence-corrected chi connectivity index (χ4v) is 4.17. The summed E-state index contributed by atoms with van der Waals surface area (Å²) in [4.78, 5) is 7.44. The molecular weight excluding hydrogens is 302 g/mol. The average molecular weight is 317 g/mol. The molecule has 19 heavy (non-hydrogen) atoms. The van der Waals surface area contributed by atoms with Crippen molar-refractivity contribution in [3.05, 3.63) is 21.9 Å². The van der Waals surface area contributed by atoms with Crippen LogP contribution in [0.5, 0.6) is 0 Å². The van der Waals surface area contributed by atoms with E-state index in [1.165, 1.54) is 11.3 Å². The summed E-state index contributed by atoms with van der Waals surface area (Å²) in [6.45, 7) is 4.03. The standard InChI is InChI=1S/C11H15N3O2S3/c1-3-19(15,16)14-11-13-10(7(2)17-11)9-5-4-8(6-12)18-9/h4-5H,3,6,12H2,1-2H3,(H,13,14). The molecule has 0 aromatic carbocycles. The van der Waals surface area contributed by atoms with Crippen LogP contribution in [0.15, 0.2) is 12.1 Å². The molecule has 2 heterocycles. The summed E-state index contributed by atoms with van der Waals surface area (Å²) in [6, 6.07) is 3.93. The Kier molecular flexibility index (Phi) is 4.24. The smallest absolute Gasteiger partial charge is 0.234 e. The number of aromatic nitrogens is 1. The first-order chi connectivity index (χ1) is 8.95. The lowest BCUT2D eigenvalue weighted by molar-refractivity contribution is 0.602. The van der Waals surface area contributed by atoms with Gasteiger partial charge in [-0.05, 0) is 26.0 Å². The number of aryl methyl sites for hydroxylation is 1. The summed E-state index contributed by atoms with van der Waals surface area (Å²) < 4.78 is 25.5. The largest absolute Gasteiger partial charge is 0.326 e. The summed E-state index contributed by atoms with van der Waals surface area (Å²) in [7, 11) is -3.28. The Bertz CT molecular complexity index is 673. The highest BCUT2D eigenvalue weighted by atomic mass is 32.2. The number of sulfonamides is 1. The Morgan fingerprint density at radius 2 is 2.11 bits per heavy atom. The van der Waals surface area contributed by atoms with E-state index in [0.717, 1.165) is 20.3 Å². The molecule has 0 spiro atoms. The van der Waals surface area contributed by atoms with E-state index < -0.39 is 10.0 Å². The third-order valence-corrected chi connectivity index (χ3v) is 5.91. The van der Waals surface area contributed by atoms with Gasteiger partial charge in [-0.2, -0.15) is 0 Å². The first-order valence-electron chi connectivity index (χ1n) is 5.72. The number of nitrogens with zero attached hydrogens (tertiary/aromatic N) is 1. The van der Waals surface area contributed by atoms with E-state index in [0.29, 0.717) is 11.7 Å². The van der Waals surface area contributed by atoms with Gasteiger partial charge in [-0.25, -0.2) is 13.4 Å². The average Bonchev–Trinajstić information content (AvgIpc) is 2.95. The third kappa shape index (κ3) is 3.33. The van der Waals surface area contributed by atoms with E-state index in [1.54, 1.807) is 18.3 Å². The van der Waals surface area contributed by atoms with E-state index >= 15 is 0 Å². The molecule has 0 radical (unpaired) electrons. The zero-order valence-electron chi connectivity index (χ0n) is 10.6. The molecule has 0 atom stereocenters. The van der Waals surface area contributed by atoms with Crippen LogP contribution in [0.1, 0.15) is 16.7 Å². The van der Waals surface area contributed by atoms with Gasteiger partial charge in [-0.3, -0.25) is 4.72 Å². The number of anilines is 1. The molecule has 0 saturated carbocycles. The molecule has 104 valence electrons. The van der Waals surface area contributed by atoms with Crippen molar-refractivity contribution < 1.29 is 8.42 Å². The maximum Gasteiger partial charge on any atom is 0.234 e. The topological polar surface area (TPSA) is 85.1 Å². The molecule has 0 amide bonds. The molecule has 0 fully saturated rings. The normalized spacial score (nSPS) is 11.7. The molecule has 2 aromatic heterocycles. The summed E-state index contributed by atoms with van der Waals surface area (Å²) in [6.07, 6.45) is 0. The summed E-state index contributed by atoms with van der Waals surface area (Å²) >= 11 is 2.92. The van der Waals surface area contributed by atoms with Gasteiger partial charge in [-0.15, -0.1) is 22.7 Å². The van der Waals surface area contributed by atoms with Crippen LogP contribution in [0.2, 0.25) is 0 Å². The second-order valence-corrected chi connectivity index (χ2v) is 8.28. The van der Waals surface area contributed by atoms with E-state index in [1.807, 2.05) is 19.1 Å². The Balaban J connectivity index is 2.31. The molecular formula is C11H15N3O2S3. The van der Waals surface area contributed by atoms with Gasteiger partial charge in [0.2, 0.25) is 10.0 Å². The number of hydrogen-bond donors (Lipinski definition) is 2. The van der Waals surface area contributed by atoms with Gasteiger partial charge in [0.15, 0.2) is 5.13 Å². The number of hydrogen-bond acceptors (Lipinski definition) is 6. The Morgan fingerprint density at radius 1 is 1.37 bits per heavy atom. The molecule has 0 saturated heterocycles. The molecule has 0 aliphatic heterocycles. The van der Waals surface area contributed by atoms with Crippen LogP contribution in [0.25, 0.3) is 10.6 Å². The maximum atomic E-state index is 11.5. The SMILES string of the molecule is CCS(=O)(=O)Nc1nc(-c2ccc(CN)s2)c(C)s1. The summed E-state index contributed by atoms with van der Waals surface area (Å²) in [5.74, 6) is 0.0390. The number of nitrogens with one attached hydrogen (secondary N) is 1. The number of rotatable bonds is 5. The summed E-state index contributed by atoms with van der Waals surface area (Å²) in [5, 5.41) is 0.414. The first-order valence-corrected chi connectivity index (χ1v) is 9.00. The molecule has 2 rings (SSSR count). The van der Waals surface area contributed by atoms with Crippen LogP contribution in [0.4, 0.5) is 5.13 Å². The minimum absolute atomic E-state index is 0.0390. The molecule has 0 unspecified atom stereocenters. The molecule has 5 nitrogen and oxygen atoms in total. The second-order valence-electron chi connectivity index (χ2n) is 3.90. The first kappa shape index (κ1) is 14.4. The Labute approximate surface area is 120 Å². The highest BCUT2D eigenvalue weighted by molar-refractivity contribution is 7.92. The summed E-state index contributed by atoms with van der Waals surface area (Å²) in [5.41, 5.74) is 6.41. The van der Waals surface area contributed by atoms with E-state index in [2.05, 4.69) is 9.71 Å². The minimum Gasteiger partial charge on any atom is -0.326 e. The number of thiazole rings is 1. The van der Waals surface area contributed by atoms with Gasteiger partial charge in [0.25, 0.3) is 0 Å². The van der Waals surface area contributed by atoms with Crippen LogP contribution >= 0.6 is 22.7 Å². The van der Waals surface area contributed by atoms with Crippen molar-refractivity contribution in [2.45, 2.75) is 20.4 Å². The predicted octanol–water partition coefficient (Wildman–Crippen LogP) is 2.40. The van der Waals surface area contributed by atoms with Crippen molar-refractivity contribution in [2.75, 3.05) is 10.5 Å². The van der Waals surface area contributed by atoms with Crippen LogP contribution in [0.3, 0.4) is 0 Å². The number of nitrogens with two attached hydrogens (primary N) is 1. The lowest BCUT2D eigenvalue weighted by atomic mass is 10.3. The van der Waals surface area contributed by atoms with Gasteiger partial charge in [-0.1, -0.05) is 0 Å². The van der Waals surface area contributed by atoms with Crippen molar-refractivity contribution in [3.8, 4) is 10.6 Å². The molecule has 8 heteroatoms. The van der Waals surface area contributed by atoms with Gasteiger partial charge >= 0.3 is 0 Å². The van der Waals surface area contributed by atoms with E-state index in [-0.39, 0.29) is 5.75 Å². The molecule has 3 N–H and O–H groups in total. The van der Waals surface area contributed by atoms with Gasteiger partial charge in [0, 0.05) is 16.3 Å². The fourth-order valence-electron chi connectivity index (χ4n) is 1.49. The molecule has 0 aliphatic carbocycles. The van der Waals surface area contributed by atoms with Crippen molar-refractivity contribution in [1.29, 1.82) is 0 Å². The lowest BCUT2D eigenvalue weighted by Crippen LogP contribution is -2.14. The minimum atomic E-state index is -3.28. The lowest BCUT2D eigenvalue weighted by Gasteiger charge is -2.00. The highest BCUT2D eigenvalue weighted by Gasteiger charge is 2.15. The number of thiophene rings is 1. The van der Waals surface area contributed by atoms with E-state index in [4.69, 9.17) is 5.73 Å². The van der Waals surface area contributed by atoms with Crippen LogP contribution in [-0.2, 0) is 16.6 Å². The predicted molar refractivity (Wildman–Crippen MR) is 81.1 cm³/mol. The second kappa shape index (κ2) is 5.58.